The number of thioether (sulfide) groups is 1. The molecule has 0 radical (unpaired) electrons. The van der Waals surface area contributed by atoms with Crippen molar-refractivity contribution in [2.45, 2.75) is 38.1 Å². The van der Waals surface area contributed by atoms with Crippen molar-refractivity contribution in [3.8, 4) is 0 Å². The first-order chi connectivity index (χ1) is 8.72. The number of hydrogen-bond acceptors (Lipinski definition) is 4. The van der Waals surface area contributed by atoms with Gasteiger partial charge in [0.25, 0.3) is 0 Å². The van der Waals surface area contributed by atoms with Gasteiger partial charge in [-0.3, -0.25) is 4.79 Å². The molecule has 0 saturated carbocycles. The van der Waals surface area contributed by atoms with Gasteiger partial charge in [0.2, 0.25) is 5.91 Å². The van der Waals surface area contributed by atoms with Crippen molar-refractivity contribution in [1.82, 2.24) is 4.90 Å². The van der Waals surface area contributed by atoms with Crippen LogP contribution in [0.5, 0.6) is 0 Å². The van der Waals surface area contributed by atoms with Crippen molar-refractivity contribution in [3.63, 3.8) is 0 Å². The van der Waals surface area contributed by atoms with Gasteiger partial charge in [-0.15, -0.1) is 0 Å². The number of rotatable bonds is 3. The zero-order valence-corrected chi connectivity index (χ0v) is 11.4. The zero-order valence-electron chi connectivity index (χ0n) is 10.5. The van der Waals surface area contributed by atoms with Crippen LogP contribution in [0.15, 0.2) is 5.16 Å². The molecule has 6 heteroatoms. The second-order valence-electron chi connectivity index (χ2n) is 5.03. The number of amides is 1. The molecular weight excluding hydrogens is 250 g/mol. The van der Waals surface area contributed by atoms with Crippen molar-refractivity contribution < 1.29 is 10.0 Å². The Labute approximate surface area is 112 Å². The summed E-state index contributed by atoms with van der Waals surface area (Å²) in [6.07, 6.45) is 4.64. The quantitative estimate of drug-likeness (QED) is 0.350. The number of likely N-dealkylation sites (tertiary alicyclic amines) is 1. The molecule has 1 atom stereocenters. The standard InChI is InChI=1S/C12H21N3O2S/c13-12(14-17)10-2-1-5-15(10)11(16)8-9-3-6-18-7-4-9/h9-10,17H,1-8H2,(H2,13,14). The zero-order chi connectivity index (χ0) is 13.0. The lowest BCUT2D eigenvalue weighted by Crippen LogP contribution is -2.44. The highest BCUT2D eigenvalue weighted by Crippen LogP contribution is 2.27. The molecule has 0 aromatic heterocycles. The molecule has 1 amide bonds. The topological polar surface area (TPSA) is 78.9 Å². The van der Waals surface area contributed by atoms with Crippen LogP contribution < -0.4 is 5.73 Å². The van der Waals surface area contributed by atoms with E-state index in [1.54, 1.807) is 4.90 Å². The van der Waals surface area contributed by atoms with E-state index in [9.17, 15) is 4.79 Å². The minimum absolute atomic E-state index is 0.167. The summed E-state index contributed by atoms with van der Waals surface area (Å²) in [7, 11) is 0. The summed E-state index contributed by atoms with van der Waals surface area (Å²) in [6.45, 7) is 0.737. The highest BCUT2D eigenvalue weighted by Gasteiger charge is 2.32. The Morgan fingerprint density at radius 2 is 2.11 bits per heavy atom. The third-order valence-electron chi connectivity index (χ3n) is 3.83. The Hall–Kier alpha value is -0.910. The molecule has 2 rings (SSSR count). The predicted molar refractivity (Wildman–Crippen MR) is 72.8 cm³/mol. The lowest BCUT2D eigenvalue weighted by molar-refractivity contribution is -0.132. The molecular formula is C12H21N3O2S. The number of nitrogens with two attached hydrogens (primary N) is 1. The summed E-state index contributed by atoms with van der Waals surface area (Å²) in [4.78, 5) is 14.1. The number of oxime groups is 1. The number of hydrogen-bond donors (Lipinski definition) is 2. The highest BCUT2D eigenvalue weighted by molar-refractivity contribution is 7.99. The number of carbonyl (C=O) groups excluding carboxylic acids is 1. The molecule has 2 heterocycles. The molecule has 2 aliphatic heterocycles. The molecule has 2 fully saturated rings. The third-order valence-corrected chi connectivity index (χ3v) is 4.88. The Kier molecular flexibility index (Phi) is 4.74. The fourth-order valence-corrected chi connectivity index (χ4v) is 3.96. The molecule has 2 saturated heterocycles. The van der Waals surface area contributed by atoms with E-state index in [1.165, 1.54) is 11.5 Å². The lowest BCUT2D eigenvalue weighted by atomic mass is 9.98. The van der Waals surface area contributed by atoms with E-state index in [0.29, 0.717) is 12.3 Å². The van der Waals surface area contributed by atoms with Crippen LogP contribution in [0.3, 0.4) is 0 Å². The van der Waals surface area contributed by atoms with Gasteiger partial charge in [0, 0.05) is 13.0 Å². The largest absolute Gasteiger partial charge is 0.409 e. The molecule has 18 heavy (non-hydrogen) atoms. The number of carbonyl (C=O) groups is 1. The average molecular weight is 271 g/mol. The fourth-order valence-electron chi connectivity index (χ4n) is 2.75. The molecule has 5 nitrogen and oxygen atoms in total. The van der Waals surface area contributed by atoms with Gasteiger partial charge < -0.3 is 15.8 Å². The smallest absolute Gasteiger partial charge is 0.223 e. The average Bonchev–Trinajstić information content (AvgIpc) is 2.88. The van der Waals surface area contributed by atoms with Crippen LogP contribution in [0.25, 0.3) is 0 Å². The van der Waals surface area contributed by atoms with Gasteiger partial charge in [0.1, 0.15) is 0 Å². The van der Waals surface area contributed by atoms with E-state index in [2.05, 4.69) is 5.16 Å². The van der Waals surface area contributed by atoms with Gasteiger partial charge in [0.05, 0.1) is 6.04 Å². The first kappa shape index (κ1) is 13.5. The minimum atomic E-state index is -0.194. The van der Waals surface area contributed by atoms with Gasteiger partial charge in [-0.05, 0) is 43.1 Å². The lowest BCUT2D eigenvalue weighted by Gasteiger charge is -2.27. The number of nitrogens with zero attached hydrogens (tertiary/aromatic N) is 2. The SMILES string of the molecule is NC(=NO)C1CCCN1C(=O)CC1CCSCC1. The van der Waals surface area contributed by atoms with E-state index >= 15 is 0 Å². The second kappa shape index (κ2) is 6.31. The molecule has 0 aliphatic carbocycles. The fraction of sp³-hybridized carbons (Fsp3) is 0.833. The molecule has 1 unspecified atom stereocenters. The van der Waals surface area contributed by atoms with Gasteiger partial charge in [-0.2, -0.15) is 11.8 Å². The van der Waals surface area contributed by atoms with Crippen LogP contribution in [0.4, 0.5) is 0 Å². The van der Waals surface area contributed by atoms with Gasteiger partial charge >= 0.3 is 0 Å². The van der Waals surface area contributed by atoms with Crippen LogP contribution in [-0.4, -0.2) is 45.9 Å². The maximum Gasteiger partial charge on any atom is 0.223 e. The van der Waals surface area contributed by atoms with Crippen molar-refractivity contribution in [3.05, 3.63) is 0 Å². The normalized spacial score (nSPS) is 26.6. The minimum Gasteiger partial charge on any atom is -0.409 e. The molecule has 3 N–H and O–H groups in total. The first-order valence-corrected chi connectivity index (χ1v) is 7.72. The monoisotopic (exact) mass is 271 g/mol. The van der Waals surface area contributed by atoms with Crippen LogP contribution in [0, 0.1) is 5.92 Å². The van der Waals surface area contributed by atoms with Gasteiger partial charge in [0.15, 0.2) is 5.84 Å². The summed E-state index contributed by atoms with van der Waals surface area (Å²) in [5.74, 6) is 3.19. The molecule has 0 bridgehead atoms. The predicted octanol–water partition coefficient (Wildman–Crippen LogP) is 1.26. The maximum atomic E-state index is 12.3. The highest BCUT2D eigenvalue weighted by atomic mass is 32.2. The van der Waals surface area contributed by atoms with Crippen molar-refractivity contribution in [1.29, 1.82) is 0 Å². The van der Waals surface area contributed by atoms with E-state index in [1.807, 2.05) is 11.8 Å². The molecule has 102 valence electrons. The summed E-state index contributed by atoms with van der Waals surface area (Å²) in [5.41, 5.74) is 5.64. The molecule has 0 spiro atoms. The van der Waals surface area contributed by atoms with Crippen molar-refractivity contribution >= 4 is 23.5 Å². The van der Waals surface area contributed by atoms with Gasteiger partial charge in [-0.25, -0.2) is 0 Å². The van der Waals surface area contributed by atoms with Gasteiger partial charge in [-0.1, -0.05) is 5.16 Å². The van der Waals surface area contributed by atoms with E-state index in [4.69, 9.17) is 10.9 Å². The summed E-state index contributed by atoms with van der Waals surface area (Å²) in [6, 6.07) is -0.194. The Morgan fingerprint density at radius 1 is 1.39 bits per heavy atom. The second-order valence-corrected chi connectivity index (χ2v) is 6.25. The van der Waals surface area contributed by atoms with Crippen molar-refractivity contribution in [2.24, 2.45) is 16.8 Å². The van der Waals surface area contributed by atoms with Crippen LogP contribution in [0.2, 0.25) is 0 Å². The van der Waals surface area contributed by atoms with Crippen LogP contribution >= 0.6 is 11.8 Å². The summed E-state index contributed by atoms with van der Waals surface area (Å²) >= 11 is 1.97. The molecule has 0 aromatic rings. The Bertz CT molecular complexity index is 329. The van der Waals surface area contributed by atoms with E-state index in [-0.39, 0.29) is 17.8 Å². The van der Waals surface area contributed by atoms with E-state index in [0.717, 1.165) is 32.2 Å². The first-order valence-electron chi connectivity index (χ1n) is 6.57. The number of amidine groups is 1. The van der Waals surface area contributed by atoms with Crippen LogP contribution in [0.1, 0.15) is 32.1 Å². The van der Waals surface area contributed by atoms with Crippen LogP contribution in [-0.2, 0) is 4.79 Å². The molecule has 0 aromatic carbocycles. The Morgan fingerprint density at radius 3 is 2.78 bits per heavy atom. The summed E-state index contributed by atoms with van der Waals surface area (Å²) in [5, 5.41) is 11.8. The summed E-state index contributed by atoms with van der Waals surface area (Å²) < 4.78 is 0. The third kappa shape index (κ3) is 3.10. The maximum absolute atomic E-state index is 12.3. The Balaban J connectivity index is 1.91. The molecule has 2 aliphatic rings. The van der Waals surface area contributed by atoms with E-state index < -0.39 is 0 Å². The van der Waals surface area contributed by atoms with Crippen molar-refractivity contribution in [2.75, 3.05) is 18.1 Å².